The van der Waals surface area contributed by atoms with Crippen LogP contribution in [0.2, 0.25) is 0 Å². The van der Waals surface area contributed by atoms with Crippen LogP contribution in [0.25, 0.3) is 123 Å². The van der Waals surface area contributed by atoms with Crippen LogP contribution in [0.5, 0.6) is 0 Å². The molecule has 7 heteroatoms. The third-order valence-corrected chi connectivity index (χ3v) is 12.8. The summed E-state index contributed by atoms with van der Waals surface area (Å²) in [6.07, 6.45) is 0. The second-order valence-corrected chi connectivity index (χ2v) is 16.9. The molecule has 0 radical (unpaired) electrons. The van der Waals surface area contributed by atoms with Gasteiger partial charge in [-0.15, -0.1) is 0 Å². The third-order valence-electron chi connectivity index (χ3n) is 12.8. The fraction of sp³-hybridized carbons (Fsp3) is 0. The highest BCUT2D eigenvalue weighted by molar-refractivity contribution is 6.29. The summed E-state index contributed by atoms with van der Waals surface area (Å²) in [6.45, 7) is 0. The van der Waals surface area contributed by atoms with Gasteiger partial charge in [0.2, 0.25) is 5.95 Å². The molecule has 68 heavy (non-hydrogen) atoms. The van der Waals surface area contributed by atoms with Crippen molar-refractivity contribution in [1.82, 2.24) is 34.1 Å². The topological polar surface area (TPSA) is 74.3 Å². The van der Waals surface area contributed by atoms with Crippen molar-refractivity contribution in [3.63, 3.8) is 0 Å². The van der Waals surface area contributed by atoms with Gasteiger partial charge in [-0.1, -0.05) is 200 Å². The maximum absolute atomic E-state index is 5.30. The molecule has 4 aromatic heterocycles. The Balaban J connectivity index is 1.04. The molecule has 0 saturated carbocycles. The first-order valence-electron chi connectivity index (χ1n) is 22.8. The molecule has 0 amide bonds. The highest BCUT2D eigenvalue weighted by Crippen LogP contribution is 2.44. The minimum absolute atomic E-state index is 0.549. The van der Waals surface area contributed by atoms with Gasteiger partial charge in [0, 0.05) is 49.4 Å². The van der Waals surface area contributed by atoms with Crippen LogP contribution in [-0.2, 0) is 0 Å². The van der Waals surface area contributed by atoms with Crippen LogP contribution in [0.3, 0.4) is 0 Å². The highest BCUT2D eigenvalue weighted by Gasteiger charge is 2.24. The number of fused-ring (bicyclic) bond motifs is 7. The van der Waals surface area contributed by atoms with Crippen LogP contribution < -0.4 is 0 Å². The molecule has 0 fully saturated rings. The van der Waals surface area contributed by atoms with Crippen molar-refractivity contribution in [2.24, 2.45) is 0 Å². The van der Waals surface area contributed by atoms with Gasteiger partial charge in [-0.25, -0.2) is 15.0 Å². The standard InChI is InChI=1S/C61H39N7/c1-5-19-40(20-6-1)41-33-35-45(36-34-41)60-64-59(44-25-11-4-12-26-44)65-61(66-60)68-53-32-18-15-29-48(53)57-55(68)38-37-54-56(57)47-28-14-17-31-52(47)67(54)51-30-16-13-27-46(51)50-39-49(42-21-7-2-8-22-42)62-58(63-50)43-23-9-3-10-24-43/h1-39H. The number of rotatable bonds is 8. The quantitative estimate of drug-likeness (QED) is 0.152. The lowest BCUT2D eigenvalue weighted by molar-refractivity contribution is 0.953. The number of para-hydroxylation sites is 3. The Kier molecular flexibility index (Phi) is 9.35. The van der Waals surface area contributed by atoms with Gasteiger partial charge in [-0.3, -0.25) is 4.57 Å². The minimum atomic E-state index is 0.549. The minimum Gasteiger partial charge on any atom is -0.309 e. The fourth-order valence-corrected chi connectivity index (χ4v) is 9.69. The monoisotopic (exact) mass is 869 g/mol. The summed E-state index contributed by atoms with van der Waals surface area (Å²) >= 11 is 0. The zero-order valence-electron chi connectivity index (χ0n) is 36.6. The Labute approximate surface area is 392 Å². The van der Waals surface area contributed by atoms with E-state index in [4.69, 9.17) is 24.9 Å². The molecule has 318 valence electrons. The van der Waals surface area contributed by atoms with Gasteiger partial charge in [-0.05, 0) is 47.5 Å². The van der Waals surface area contributed by atoms with Crippen molar-refractivity contribution in [3.8, 4) is 79.4 Å². The zero-order chi connectivity index (χ0) is 45.0. The maximum atomic E-state index is 5.30. The predicted octanol–water partition coefficient (Wildman–Crippen LogP) is 14.9. The molecule has 9 aromatic carbocycles. The molecule has 0 saturated heterocycles. The number of benzene rings is 9. The molecule has 13 aromatic rings. The molecular weight excluding hydrogens is 831 g/mol. The molecule has 0 spiro atoms. The Morgan fingerprint density at radius 1 is 0.265 bits per heavy atom. The number of hydrogen-bond donors (Lipinski definition) is 0. The van der Waals surface area contributed by atoms with Crippen LogP contribution in [0, 0.1) is 0 Å². The van der Waals surface area contributed by atoms with E-state index in [0.717, 1.165) is 99.6 Å². The summed E-state index contributed by atoms with van der Waals surface area (Å²) in [5.41, 5.74) is 14.0. The zero-order valence-corrected chi connectivity index (χ0v) is 36.6. The van der Waals surface area contributed by atoms with Gasteiger partial charge in [0.1, 0.15) is 0 Å². The predicted molar refractivity (Wildman–Crippen MR) is 277 cm³/mol. The van der Waals surface area contributed by atoms with Crippen LogP contribution in [0.1, 0.15) is 0 Å². The lowest BCUT2D eigenvalue weighted by atomic mass is 10.0. The van der Waals surface area contributed by atoms with Crippen molar-refractivity contribution in [2.45, 2.75) is 0 Å². The van der Waals surface area contributed by atoms with E-state index in [2.05, 4.69) is 197 Å². The molecule has 0 bridgehead atoms. The first-order valence-corrected chi connectivity index (χ1v) is 22.8. The molecule has 7 nitrogen and oxygen atoms in total. The van der Waals surface area contributed by atoms with Gasteiger partial charge < -0.3 is 4.57 Å². The summed E-state index contributed by atoms with van der Waals surface area (Å²) in [4.78, 5) is 26.1. The van der Waals surface area contributed by atoms with E-state index in [9.17, 15) is 0 Å². The first kappa shape index (κ1) is 39.1. The van der Waals surface area contributed by atoms with E-state index in [1.807, 2.05) is 48.5 Å². The Hall–Kier alpha value is -9.33. The average molecular weight is 870 g/mol. The molecule has 0 N–H and O–H groups in total. The highest BCUT2D eigenvalue weighted by atomic mass is 15.2. The summed E-state index contributed by atoms with van der Waals surface area (Å²) in [5, 5.41) is 4.52. The van der Waals surface area contributed by atoms with E-state index in [1.165, 1.54) is 0 Å². The van der Waals surface area contributed by atoms with E-state index < -0.39 is 0 Å². The molecule has 13 rings (SSSR count). The molecule has 0 aliphatic heterocycles. The average Bonchev–Trinajstić information content (AvgIpc) is 3.94. The summed E-state index contributed by atoms with van der Waals surface area (Å²) in [6, 6.07) is 82.1. The second kappa shape index (κ2) is 16.3. The maximum Gasteiger partial charge on any atom is 0.238 e. The smallest absolute Gasteiger partial charge is 0.238 e. The van der Waals surface area contributed by atoms with Crippen molar-refractivity contribution >= 4 is 43.6 Å². The van der Waals surface area contributed by atoms with Crippen molar-refractivity contribution in [3.05, 3.63) is 237 Å². The lowest BCUT2D eigenvalue weighted by Crippen LogP contribution is -2.06. The number of nitrogens with zero attached hydrogens (tertiary/aromatic N) is 7. The fourth-order valence-electron chi connectivity index (χ4n) is 9.69. The lowest BCUT2D eigenvalue weighted by Gasteiger charge is -2.15. The molecule has 0 aliphatic rings. The Morgan fingerprint density at radius 2 is 0.676 bits per heavy atom. The third kappa shape index (κ3) is 6.64. The van der Waals surface area contributed by atoms with E-state index in [0.29, 0.717) is 23.4 Å². The molecule has 0 aliphatic carbocycles. The van der Waals surface area contributed by atoms with Gasteiger partial charge in [-0.2, -0.15) is 9.97 Å². The molecule has 4 heterocycles. The van der Waals surface area contributed by atoms with Gasteiger partial charge in [0.25, 0.3) is 0 Å². The number of hydrogen-bond acceptors (Lipinski definition) is 5. The van der Waals surface area contributed by atoms with Gasteiger partial charge in [0.15, 0.2) is 17.5 Å². The van der Waals surface area contributed by atoms with Crippen LogP contribution in [-0.4, -0.2) is 34.1 Å². The van der Waals surface area contributed by atoms with Gasteiger partial charge >= 0.3 is 0 Å². The second-order valence-electron chi connectivity index (χ2n) is 16.9. The van der Waals surface area contributed by atoms with Crippen LogP contribution in [0.15, 0.2) is 237 Å². The van der Waals surface area contributed by atoms with Gasteiger partial charge in [0.05, 0.1) is 39.1 Å². The summed E-state index contributed by atoms with van der Waals surface area (Å²) in [5.74, 6) is 2.43. The van der Waals surface area contributed by atoms with Crippen molar-refractivity contribution < 1.29 is 0 Å². The summed E-state index contributed by atoms with van der Waals surface area (Å²) in [7, 11) is 0. The molecule has 0 unspecified atom stereocenters. The Bertz CT molecular complexity index is 3940. The van der Waals surface area contributed by atoms with E-state index >= 15 is 0 Å². The van der Waals surface area contributed by atoms with E-state index in [1.54, 1.807) is 0 Å². The summed E-state index contributed by atoms with van der Waals surface area (Å²) < 4.78 is 4.60. The Morgan fingerprint density at radius 3 is 1.28 bits per heavy atom. The van der Waals surface area contributed by atoms with Crippen molar-refractivity contribution in [1.29, 1.82) is 0 Å². The largest absolute Gasteiger partial charge is 0.309 e. The van der Waals surface area contributed by atoms with Crippen molar-refractivity contribution in [2.75, 3.05) is 0 Å². The normalized spacial score (nSPS) is 11.5. The SMILES string of the molecule is c1ccc(-c2ccc(-c3nc(-c4ccccc4)nc(-n4c5ccccc5c5c6c7ccccc7n(-c7ccccc7-c7cc(-c8ccccc8)nc(-c8ccccc8)n7)c6ccc54)n3)cc2)cc1. The number of aromatic nitrogens is 7. The van der Waals surface area contributed by atoms with Crippen LogP contribution >= 0.6 is 0 Å². The van der Waals surface area contributed by atoms with E-state index in [-0.39, 0.29) is 0 Å². The molecule has 0 atom stereocenters. The molecular formula is C61H39N7. The van der Waals surface area contributed by atoms with Crippen LogP contribution in [0.4, 0.5) is 0 Å². The first-order chi connectivity index (χ1) is 33.7.